The predicted molar refractivity (Wildman–Crippen MR) is 68.9 cm³/mol. The van der Waals surface area contributed by atoms with Gasteiger partial charge in [0, 0.05) is 18.2 Å². The second-order valence-electron chi connectivity index (χ2n) is 5.82. The highest BCUT2D eigenvalue weighted by Crippen LogP contribution is 2.48. The van der Waals surface area contributed by atoms with Gasteiger partial charge in [0.1, 0.15) is 0 Å². The number of carboxylic acid groups (broad SMARTS) is 1. The second kappa shape index (κ2) is 5.13. The third-order valence-corrected chi connectivity index (χ3v) is 4.76. The Morgan fingerprint density at radius 2 is 2.05 bits per heavy atom. The summed E-state index contributed by atoms with van der Waals surface area (Å²) in [6.45, 7) is 0.168. The van der Waals surface area contributed by atoms with Crippen LogP contribution in [0.15, 0.2) is 18.2 Å². The summed E-state index contributed by atoms with van der Waals surface area (Å²) in [5, 5.41) is 12.5. The fraction of sp³-hybridized carbons (Fsp3) is 0.533. The molecule has 0 aliphatic heterocycles. The van der Waals surface area contributed by atoms with Crippen molar-refractivity contribution < 1.29 is 18.7 Å². The second-order valence-corrected chi connectivity index (χ2v) is 5.82. The van der Waals surface area contributed by atoms with Crippen LogP contribution in [0.2, 0.25) is 0 Å². The molecule has 0 spiro atoms. The minimum absolute atomic E-state index is 0.131. The minimum atomic E-state index is -0.868. The maximum Gasteiger partial charge on any atom is 0.308 e. The van der Waals surface area contributed by atoms with E-state index in [1.54, 1.807) is 0 Å². The molecule has 1 aromatic rings. The number of hydrogen-bond donors (Lipinski definition) is 2. The van der Waals surface area contributed by atoms with E-state index in [4.69, 9.17) is 0 Å². The molecule has 4 atom stereocenters. The predicted octanol–water partition coefficient (Wildman–Crippen LogP) is 2.55. The molecule has 3 rings (SSSR count). The number of rotatable bonds is 4. The zero-order chi connectivity index (χ0) is 14.3. The fourth-order valence-corrected chi connectivity index (χ4v) is 3.85. The molecule has 0 saturated heterocycles. The average molecular weight is 281 g/mol. The molecule has 0 aromatic heterocycles. The van der Waals surface area contributed by atoms with Gasteiger partial charge in [-0.3, -0.25) is 4.79 Å². The van der Waals surface area contributed by atoms with Gasteiger partial charge in [-0.2, -0.15) is 0 Å². The summed E-state index contributed by atoms with van der Waals surface area (Å²) in [4.78, 5) is 11.4. The summed E-state index contributed by atoms with van der Waals surface area (Å²) in [5.74, 6) is -2.33. The summed E-state index contributed by atoms with van der Waals surface area (Å²) >= 11 is 0. The molecule has 4 unspecified atom stereocenters. The van der Waals surface area contributed by atoms with Crippen LogP contribution < -0.4 is 5.32 Å². The first-order valence-electron chi connectivity index (χ1n) is 6.97. The normalized spacial score (nSPS) is 31.7. The number of benzene rings is 1. The number of carbonyl (C=O) groups is 1. The van der Waals surface area contributed by atoms with Crippen molar-refractivity contribution in [2.24, 2.45) is 17.8 Å². The Hall–Kier alpha value is -1.49. The standard InChI is InChI=1S/C15H17F2NO2/c16-11-3-1-2-10(13(11)17)7-18-14-9-5-4-8(6-9)12(14)15(19)20/h1-3,8-9,12,14,18H,4-7H2,(H,19,20). The summed E-state index contributed by atoms with van der Waals surface area (Å²) in [7, 11) is 0. The minimum Gasteiger partial charge on any atom is -0.481 e. The topological polar surface area (TPSA) is 49.3 Å². The molecule has 108 valence electrons. The molecule has 2 saturated carbocycles. The van der Waals surface area contributed by atoms with Crippen LogP contribution in [-0.2, 0) is 11.3 Å². The quantitative estimate of drug-likeness (QED) is 0.891. The Labute approximate surface area is 116 Å². The van der Waals surface area contributed by atoms with Crippen LogP contribution in [0.5, 0.6) is 0 Å². The van der Waals surface area contributed by atoms with Crippen molar-refractivity contribution >= 4 is 5.97 Å². The molecule has 2 aliphatic rings. The monoisotopic (exact) mass is 281 g/mol. The van der Waals surface area contributed by atoms with E-state index in [1.165, 1.54) is 12.1 Å². The largest absolute Gasteiger partial charge is 0.481 e. The highest BCUT2D eigenvalue weighted by molar-refractivity contribution is 5.72. The van der Waals surface area contributed by atoms with E-state index in [9.17, 15) is 18.7 Å². The Morgan fingerprint density at radius 1 is 1.30 bits per heavy atom. The van der Waals surface area contributed by atoms with Crippen molar-refractivity contribution in [1.82, 2.24) is 5.32 Å². The van der Waals surface area contributed by atoms with Crippen LogP contribution in [0.3, 0.4) is 0 Å². The van der Waals surface area contributed by atoms with Gasteiger partial charge in [0.15, 0.2) is 11.6 Å². The molecule has 1 aromatic carbocycles. The van der Waals surface area contributed by atoms with Gasteiger partial charge in [-0.05, 0) is 37.2 Å². The fourth-order valence-electron chi connectivity index (χ4n) is 3.85. The van der Waals surface area contributed by atoms with E-state index in [0.717, 1.165) is 25.3 Å². The summed E-state index contributed by atoms with van der Waals surface area (Å²) in [6, 6.07) is 3.93. The van der Waals surface area contributed by atoms with Crippen molar-refractivity contribution in [3.63, 3.8) is 0 Å². The van der Waals surface area contributed by atoms with E-state index in [1.807, 2.05) is 0 Å². The van der Waals surface area contributed by atoms with Crippen molar-refractivity contribution in [2.45, 2.75) is 31.8 Å². The van der Waals surface area contributed by atoms with Gasteiger partial charge in [0.2, 0.25) is 0 Å². The Bertz CT molecular complexity index is 535. The van der Waals surface area contributed by atoms with Crippen LogP contribution in [0, 0.1) is 29.4 Å². The van der Waals surface area contributed by atoms with Gasteiger partial charge in [-0.25, -0.2) is 8.78 Å². The number of fused-ring (bicyclic) bond motifs is 2. The van der Waals surface area contributed by atoms with Crippen molar-refractivity contribution in [2.75, 3.05) is 0 Å². The Kier molecular flexibility index (Phi) is 3.46. The number of halogens is 2. The van der Waals surface area contributed by atoms with Gasteiger partial charge in [0.05, 0.1) is 5.92 Å². The third-order valence-electron chi connectivity index (χ3n) is 4.76. The molecular formula is C15H17F2NO2. The van der Waals surface area contributed by atoms with Crippen LogP contribution in [0.4, 0.5) is 8.78 Å². The Balaban J connectivity index is 1.71. The van der Waals surface area contributed by atoms with E-state index >= 15 is 0 Å². The van der Waals surface area contributed by atoms with Gasteiger partial charge < -0.3 is 10.4 Å². The molecule has 0 radical (unpaired) electrons. The molecule has 2 bridgehead atoms. The van der Waals surface area contributed by atoms with Crippen LogP contribution >= 0.6 is 0 Å². The molecule has 3 nitrogen and oxygen atoms in total. The smallest absolute Gasteiger partial charge is 0.308 e. The van der Waals surface area contributed by atoms with Gasteiger partial charge in [-0.1, -0.05) is 12.1 Å². The lowest BCUT2D eigenvalue weighted by molar-refractivity contribution is -0.144. The zero-order valence-electron chi connectivity index (χ0n) is 11.0. The van der Waals surface area contributed by atoms with Crippen LogP contribution in [0.1, 0.15) is 24.8 Å². The van der Waals surface area contributed by atoms with Crippen molar-refractivity contribution in [3.05, 3.63) is 35.4 Å². The molecule has 0 amide bonds. The maximum absolute atomic E-state index is 13.6. The third kappa shape index (κ3) is 2.20. The van der Waals surface area contributed by atoms with E-state index in [-0.39, 0.29) is 24.1 Å². The summed E-state index contributed by atoms with van der Waals surface area (Å²) < 4.78 is 26.7. The van der Waals surface area contributed by atoms with Crippen molar-refractivity contribution in [1.29, 1.82) is 0 Å². The Morgan fingerprint density at radius 3 is 2.80 bits per heavy atom. The first kappa shape index (κ1) is 13.5. The average Bonchev–Trinajstić information content (AvgIpc) is 3.00. The lowest BCUT2D eigenvalue weighted by Gasteiger charge is -2.29. The first-order valence-corrected chi connectivity index (χ1v) is 6.97. The zero-order valence-corrected chi connectivity index (χ0v) is 11.0. The molecule has 2 fully saturated rings. The highest BCUT2D eigenvalue weighted by Gasteiger charge is 2.50. The van der Waals surface area contributed by atoms with Crippen molar-refractivity contribution in [3.8, 4) is 0 Å². The van der Waals surface area contributed by atoms with Gasteiger partial charge in [-0.15, -0.1) is 0 Å². The highest BCUT2D eigenvalue weighted by atomic mass is 19.2. The maximum atomic E-state index is 13.6. The molecule has 5 heteroatoms. The van der Waals surface area contributed by atoms with Gasteiger partial charge in [0.25, 0.3) is 0 Å². The number of hydrogen-bond acceptors (Lipinski definition) is 2. The van der Waals surface area contributed by atoms with Crippen LogP contribution in [0.25, 0.3) is 0 Å². The lowest BCUT2D eigenvalue weighted by atomic mass is 9.84. The molecule has 20 heavy (non-hydrogen) atoms. The SMILES string of the molecule is O=C(O)C1C2CCC(C2)C1NCc1cccc(F)c1F. The van der Waals surface area contributed by atoms with E-state index < -0.39 is 23.5 Å². The summed E-state index contributed by atoms with van der Waals surface area (Å²) in [6.07, 6.45) is 2.92. The van der Waals surface area contributed by atoms with Gasteiger partial charge >= 0.3 is 5.97 Å². The van der Waals surface area contributed by atoms with E-state index in [0.29, 0.717) is 5.92 Å². The number of aliphatic carboxylic acids is 1. The molecule has 2 aliphatic carbocycles. The molecule has 2 N–H and O–H groups in total. The summed E-state index contributed by atoms with van der Waals surface area (Å²) in [5.41, 5.74) is 0.247. The first-order chi connectivity index (χ1) is 9.58. The van der Waals surface area contributed by atoms with Crippen LogP contribution in [-0.4, -0.2) is 17.1 Å². The number of nitrogens with one attached hydrogen (secondary N) is 1. The molecule has 0 heterocycles. The molecular weight excluding hydrogens is 264 g/mol. The lowest BCUT2D eigenvalue weighted by Crippen LogP contribution is -2.43. The number of carboxylic acids is 1. The van der Waals surface area contributed by atoms with E-state index in [2.05, 4.69) is 5.32 Å².